The zero-order chi connectivity index (χ0) is 22.1. The highest BCUT2D eigenvalue weighted by atomic mass is 32.1. The van der Waals surface area contributed by atoms with Crippen LogP contribution in [0, 0.1) is 6.92 Å². The van der Waals surface area contributed by atoms with Crippen LogP contribution in [0.4, 0.5) is 5.00 Å². The van der Waals surface area contributed by atoms with E-state index in [2.05, 4.69) is 34.9 Å². The lowest BCUT2D eigenvalue weighted by atomic mass is 10.0. The van der Waals surface area contributed by atoms with Gasteiger partial charge in [-0.15, -0.1) is 11.3 Å². The second-order valence-corrected chi connectivity index (χ2v) is 8.78. The Morgan fingerprint density at radius 1 is 1.03 bits per heavy atom. The molecule has 0 unspecified atom stereocenters. The number of benzene rings is 2. The van der Waals surface area contributed by atoms with E-state index in [1.165, 1.54) is 16.9 Å². The van der Waals surface area contributed by atoms with Crippen LogP contribution >= 0.6 is 23.6 Å². The van der Waals surface area contributed by atoms with Crippen molar-refractivity contribution in [2.24, 2.45) is 0 Å². The Balaban J connectivity index is 1.63. The SMILES string of the molecule is CCOC(=O)c1c(NC(=S)NCCCCc2ccccc2)sc(C)c1-c1ccccc1. The molecule has 162 valence electrons. The van der Waals surface area contributed by atoms with Crippen molar-refractivity contribution in [2.45, 2.75) is 33.1 Å². The average molecular weight is 453 g/mol. The first-order valence-electron chi connectivity index (χ1n) is 10.5. The summed E-state index contributed by atoms with van der Waals surface area (Å²) in [5.74, 6) is -0.334. The van der Waals surface area contributed by atoms with Crippen molar-refractivity contribution in [3.63, 3.8) is 0 Å². The Bertz CT molecular complexity index is 1000. The molecule has 0 spiro atoms. The Labute approximate surface area is 193 Å². The normalized spacial score (nSPS) is 10.5. The number of aryl methyl sites for hydroxylation is 2. The van der Waals surface area contributed by atoms with Crippen molar-refractivity contribution < 1.29 is 9.53 Å². The average Bonchev–Trinajstić information content (AvgIpc) is 3.10. The van der Waals surface area contributed by atoms with Gasteiger partial charge in [-0.1, -0.05) is 60.7 Å². The molecule has 0 saturated carbocycles. The highest BCUT2D eigenvalue weighted by molar-refractivity contribution is 7.80. The molecule has 0 atom stereocenters. The predicted molar refractivity (Wildman–Crippen MR) is 134 cm³/mol. The van der Waals surface area contributed by atoms with E-state index in [9.17, 15) is 4.79 Å². The minimum atomic E-state index is -0.334. The van der Waals surface area contributed by atoms with Gasteiger partial charge in [-0.2, -0.15) is 0 Å². The lowest BCUT2D eigenvalue weighted by molar-refractivity contribution is 0.0529. The first-order chi connectivity index (χ1) is 15.1. The molecule has 2 N–H and O–H groups in total. The van der Waals surface area contributed by atoms with Crippen molar-refractivity contribution in [1.82, 2.24) is 5.32 Å². The molecule has 0 aliphatic rings. The predicted octanol–water partition coefficient (Wildman–Crippen LogP) is 6.21. The molecule has 2 aromatic carbocycles. The summed E-state index contributed by atoms with van der Waals surface area (Å²) in [4.78, 5) is 13.8. The first-order valence-corrected chi connectivity index (χ1v) is 11.8. The maximum atomic E-state index is 12.8. The number of carbonyl (C=O) groups excluding carboxylic acids is 1. The maximum Gasteiger partial charge on any atom is 0.341 e. The fourth-order valence-electron chi connectivity index (χ4n) is 3.43. The quantitative estimate of drug-likeness (QED) is 0.230. The number of thiocarbonyl (C=S) groups is 1. The van der Waals surface area contributed by atoms with E-state index in [0.29, 0.717) is 17.3 Å². The third-order valence-electron chi connectivity index (χ3n) is 4.87. The van der Waals surface area contributed by atoms with Crippen LogP contribution < -0.4 is 10.6 Å². The third kappa shape index (κ3) is 6.39. The fourth-order valence-corrected chi connectivity index (χ4v) is 4.77. The number of ether oxygens (including phenoxy) is 1. The first kappa shape index (κ1) is 23.0. The molecular weight excluding hydrogens is 424 g/mol. The van der Waals surface area contributed by atoms with Crippen LogP contribution in [0.5, 0.6) is 0 Å². The van der Waals surface area contributed by atoms with Crippen LogP contribution in [-0.2, 0) is 11.2 Å². The van der Waals surface area contributed by atoms with Gasteiger partial charge in [0.1, 0.15) is 10.6 Å². The summed E-state index contributed by atoms with van der Waals surface area (Å²) >= 11 is 7.01. The fraction of sp³-hybridized carbons (Fsp3) is 0.280. The topological polar surface area (TPSA) is 50.4 Å². The third-order valence-corrected chi connectivity index (χ3v) is 6.14. The number of hydrogen-bond acceptors (Lipinski definition) is 4. The molecule has 1 aromatic heterocycles. The zero-order valence-electron chi connectivity index (χ0n) is 17.9. The van der Waals surface area contributed by atoms with E-state index in [4.69, 9.17) is 17.0 Å². The largest absolute Gasteiger partial charge is 0.462 e. The summed E-state index contributed by atoms with van der Waals surface area (Å²) in [6.45, 7) is 4.93. The molecule has 3 rings (SSSR count). The Morgan fingerprint density at radius 3 is 2.39 bits per heavy atom. The zero-order valence-corrected chi connectivity index (χ0v) is 19.6. The van der Waals surface area contributed by atoms with E-state index in [1.807, 2.05) is 50.2 Å². The summed E-state index contributed by atoms with van der Waals surface area (Å²) in [5, 5.41) is 7.73. The summed E-state index contributed by atoms with van der Waals surface area (Å²) in [7, 11) is 0. The van der Waals surface area contributed by atoms with Crippen molar-refractivity contribution in [1.29, 1.82) is 0 Å². The van der Waals surface area contributed by atoms with Gasteiger partial charge in [0.05, 0.1) is 6.61 Å². The minimum Gasteiger partial charge on any atom is -0.462 e. The van der Waals surface area contributed by atoms with E-state index < -0.39 is 0 Å². The summed E-state index contributed by atoms with van der Waals surface area (Å²) in [6, 6.07) is 20.4. The number of thiophene rings is 1. The Kier molecular flexibility index (Phi) is 8.62. The molecule has 31 heavy (non-hydrogen) atoms. The second-order valence-electron chi connectivity index (χ2n) is 7.15. The molecule has 0 aliphatic heterocycles. The lowest BCUT2D eigenvalue weighted by Gasteiger charge is -2.12. The van der Waals surface area contributed by atoms with Crippen LogP contribution in [0.1, 0.15) is 40.6 Å². The van der Waals surface area contributed by atoms with Crippen molar-refractivity contribution in [3.05, 3.63) is 76.7 Å². The number of rotatable bonds is 9. The molecule has 6 heteroatoms. The summed E-state index contributed by atoms with van der Waals surface area (Å²) in [6.07, 6.45) is 3.16. The molecule has 1 heterocycles. The van der Waals surface area contributed by atoms with Crippen LogP contribution in [0.3, 0.4) is 0 Å². The van der Waals surface area contributed by atoms with Gasteiger partial charge in [0.2, 0.25) is 0 Å². The van der Waals surface area contributed by atoms with Gasteiger partial charge in [-0.05, 0) is 56.5 Å². The monoisotopic (exact) mass is 452 g/mol. The smallest absolute Gasteiger partial charge is 0.341 e. The van der Waals surface area contributed by atoms with Gasteiger partial charge in [0.25, 0.3) is 0 Å². The lowest BCUT2D eigenvalue weighted by Crippen LogP contribution is -2.29. The molecule has 0 aliphatic carbocycles. The molecule has 0 fully saturated rings. The van der Waals surface area contributed by atoms with E-state index in [1.54, 1.807) is 0 Å². The molecule has 3 aromatic rings. The molecule has 0 saturated heterocycles. The van der Waals surface area contributed by atoms with Gasteiger partial charge in [-0.25, -0.2) is 4.79 Å². The van der Waals surface area contributed by atoms with Gasteiger partial charge in [0, 0.05) is 17.0 Å². The standard InChI is InChI=1S/C25H28N2O2S2/c1-3-29-24(28)22-21(20-15-8-5-9-16-20)18(2)31-23(22)27-25(30)26-17-11-10-14-19-12-6-4-7-13-19/h4-9,12-13,15-16H,3,10-11,14,17H2,1-2H3,(H2,26,27,30). The van der Waals surface area contributed by atoms with Crippen LogP contribution in [0.25, 0.3) is 11.1 Å². The van der Waals surface area contributed by atoms with Gasteiger partial charge < -0.3 is 15.4 Å². The summed E-state index contributed by atoms with van der Waals surface area (Å²) < 4.78 is 5.34. The highest BCUT2D eigenvalue weighted by Crippen LogP contribution is 2.40. The Morgan fingerprint density at radius 2 is 1.71 bits per heavy atom. The van der Waals surface area contributed by atoms with Crippen molar-refractivity contribution >= 4 is 39.6 Å². The van der Waals surface area contributed by atoms with E-state index in [-0.39, 0.29) is 5.97 Å². The number of carbonyl (C=O) groups is 1. The van der Waals surface area contributed by atoms with E-state index in [0.717, 1.165) is 46.8 Å². The molecule has 0 bridgehead atoms. The number of hydrogen-bond donors (Lipinski definition) is 2. The Hall–Kier alpha value is -2.70. The summed E-state index contributed by atoms with van der Waals surface area (Å²) in [5.41, 5.74) is 3.79. The van der Waals surface area contributed by atoms with E-state index >= 15 is 0 Å². The molecular formula is C25H28N2O2S2. The highest BCUT2D eigenvalue weighted by Gasteiger charge is 2.24. The van der Waals surface area contributed by atoms with Crippen molar-refractivity contribution in [2.75, 3.05) is 18.5 Å². The molecule has 4 nitrogen and oxygen atoms in total. The molecule has 0 amide bonds. The number of esters is 1. The van der Waals surface area contributed by atoms with Crippen molar-refractivity contribution in [3.8, 4) is 11.1 Å². The number of anilines is 1. The van der Waals surface area contributed by atoms with Gasteiger partial charge in [0.15, 0.2) is 5.11 Å². The number of unbranched alkanes of at least 4 members (excludes halogenated alkanes) is 1. The minimum absolute atomic E-state index is 0.325. The van der Waals surface area contributed by atoms with Crippen LogP contribution in [-0.4, -0.2) is 24.2 Å². The number of nitrogens with one attached hydrogen (secondary N) is 2. The second kappa shape index (κ2) is 11.6. The maximum absolute atomic E-state index is 12.8. The van der Waals surface area contributed by atoms with Crippen LogP contribution in [0.2, 0.25) is 0 Å². The van der Waals surface area contributed by atoms with Crippen LogP contribution in [0.15, 0.2) is 60.7 Å². The van der Waals surface area contributed by atoms with Gasteiger partial charge in [-0.3, -0.25) is 0 Å². The molecule has 0 radical (unpaired) electrons. The van der Waals surface area contributed by atoms with Gasteiger partial charge >= 0.3 is 5.97 Å².